The van der Waals surface area contributed by atoms with Gasteiger partial charge in [0.1, 0.15) is 0 Å². The molecule has 0 aliphatic rings. The van der Waals surface area contributed by atoms with Crippen molar-refractivity contribution in [1.29, 1.82) is 0 Å². The Morgan fingerprint density at radius 3 is 2.53 bits per heavy atom. The number of pyridine rings is 1. The van der Waals surface area contributed by atoms with Crippen LogP contribution in [-0.2, 0) is 10.0 Å². The van der Waals surface area contributed by atoms with Crippen molar-refractivity contribution in [1.82, 2.24) is 15.0 Å². The summed E-state index contributed by atoms with van der Waals surface area (Å²) in [7, 11) is -3.57. The molecule has 1 heterocycles. The summed E-state index contributed by atoms with van der Waals surface area (Å²) in [5, 5.41) is 5.00. The van der Waals surface area contributed by atoms with E-state index in [0.717, 1.165) is 20.8 Å². The van der Waals surface area contributed by atoms with Gasteiger partial charge in [-0.15, -0.1) is 24.8 Å². The molecule has 0 bridgehead atoms. The van der Waals surface area contributed by atoms with Crippen LogP contribution < -0.4 is 10.0 Å². The zero-order valence-corrected chi connectivity index (χ0v) is 20.3. The number of rotatable bonds is 8. The third-order valence-corrected chi connectivity index (χ3v) is 6.29. The maximum atomic E-state index is 12.6. The smallest absolute Gasteiger partial charge is 0.240 e. The highest BCUT2D eigenvalue weighted by atomic mass is 79.9. The van der Waals surface area contributed by atoms with Crippen LogP contribution in [0, 0.1) is 0 Å². The minimum absolute atomic E-state index is 0. The second-order valence-electron chi connectivity index (χ2n) is 6.52. The molecule has 1 aromatic heterocycles. The Morgan fingerprint density at radius 1 is 1.07 bits per heavy atom. The monoisotopic (exact) mass is 531 g/mol. The van der Waals surface area contributed by atoms with E-state index in [0.29, 0.717) is 13.1 Å². The fourth-order valence-electron chi connectivity index (χ4n) is 2.76. The highest BCUT2D eigenvalue weighted by Gasteiger charge is 2.17. The number of fused-ring (bicyclic) bond motifs is 1. The molecule has 0 amide bonds. The van der Waals surface area contributed by atoms with Crippen molar-refractivity contribution in [2.45, 2.75) is 17.9 Å². The van der Waals surface area contributed by atoms with Crippen LogP contribution in [0.2, 0.25) is 0 Å². The van der Waals surface area contributed by atoms with Gasteiger partial charge in [0.05, 0.1) is 4.90 Å². The lowest BCUT2D eigenvalue weighted by atomic mass is 10.2. The van der Waals surface area contributed by atoms with Gasteiger partial charge in [-0.1, -0.05) is 46.3 Å². The first kappa shape index (κ1) is 26.6. The van der Waals surface area contributed by atoms with Crippen molar-refractivity contribution < 1.29 is 8.42 Å². The van der Waals surface area contributed by atoms with Gasteiger partial charge in [-0.2, -0.15) is 0 Å². The fourth-order valence-corrected chi connectivity index (χ4v) is 4.30. The van der Waals surface area contributed by atoms with Gasteiger partial charge in [0, 0.05) is 41.4 Å². The number of halogens is 3. The molecular formula is C21H24BrCl2N3O2S. The molecule has 162 valence electrons. The summed E-state index contributed by atoms with van der Waals surface area (Å²) in [6, 6.07) is 14.6. The van der Waals surface area contributed by atoms with Gasteiger partial charge in [0.2, 0.25) is 10.0 Å². The first-order valence-corrected chi connectivity index (χ1v) is 11.2. The number of nitrogens with one attached hydrogen (secondary N) is 2. The van der Waals surface area contributed by atoms with E-state index in [1.165, 1.54) is 0 Å². The highest BCUT2D eigenvalue weighted by Crippen LogP contribution is 2.18. The molecule has 2 N–H and O–H groups in total. The number of hydrogen-bond acceptors (Lipinski definition) is 4. The zero-order chi connectivity index (χ0) is 20.0. The molecule has 30 heavy (non-hydrogen) atoms. The quantitative estimate of drug-likeness (QED) is 0.408. The van der Waals surface area contributed by atoms with Crippen molar-refractivity contribution in [2.24, 2.45) is 0 Å². The van der Waals surface area contributed by atoms with Crippen LogP contribution in [0.1, 0.15) is 12.5 Å². The van der Waals surface area contributed by atoms with Crippen LogP contribution in [0.25, 0.3) is 16.8 Å². The molecule has 9 heteroatoms. The molecule has 0 aliphatic heterocycles. The van der Waals surface area contributed by atoms with Gasteiger partial charge < -0.3 is 5.32 Å². The van der Waals surface area contributed by atoms with Gasteiger partial charge in [0.15, 0.2) is 0 Å². The van der Waals surface area contributed by atoms with E-state index < -0.39 is 10.0 Å². The molecule has 2 aromatic carbocycles. The maximum absolute atomic E-state index is 12.6. The second-order valence-corrected chi connectivity index (χ2v) is 9.15. The van der Waals surface area contributed by atoms with Crippen molar-refractivity contribution in [3.05, 3.63) is 77.0 Å². The number of aromatic nitrogens is 1. The largest absolute Gasteiger partial charge is 0.312 e. The average molecular weight is 533 g/mol. The van der Waals surface area contributed by atoms with E-state index >= 15 is 0 Å². The molecule has 1 atom stereocenters. The summed E-state index contributed by atoms with van der Waals surface area (Å²) in [4.78, 5) is 4.30. The summed E-state index contributed by atoms with van der Waals surface area (Å²) in [6.45, 7) is 3.03. The third kappa shape index (κ3) is 7.65. The Morgan fingerprint density at radius 2 is 1.80 bits per heavy atom. The van der Waals surface area contributed by atoms with Gasteiger partial charge in [-0.05, 0) is 48.2 Å². The Hall–Kier alpha value is -1.48. The molecule has 0 saturated heterocycles. The summed E-state index contributed by atoms with van der Waals surface area (Å²) in [5.74, 6) is 0. The van der Waals surface area contributed by atoms with Gasteiger partial charge in [-0.25, -0.2) is 13.1 Å². The maximum Gasteiger partial charge on any atom is 0.240 e. The molecule has 0 fully saturated rings. The van der Waals surface area contributed by atoms with Crippen molar-refractivity contribution in [3.63, 3.8) is 0 Å². The topological polar surface area (TPSA) is 71.1 Å². The van der Waals surface area contributed by atoms with Crippen molar-refractivity contribution in [3.8, 4) is 0 Å². The van der Waals surface area contributed by atoms with Gasteiger partial charge in [-0.3, -0.25) is 4.98 Å². The minimum Gasteiger partial charge on any atom is -0.312 e. The molecule has 5 nitrogen and oxygen atoms in total. The van der Waals surface area contributed by atoms with E-state index in [1.807, 2.05) is 43.3 Å². The number of nitrogens with zero attached hydrogens (tertiary/aromatic N) is 1. The molecule has 0 spiro atoms. The van der Waals surface area contributed by atoms with Gasteiger partial charge in [0.25, 0.3) is 0 Å². The summed E-state index contributed by atoms with van der Waals surface area (Å²) in [6.07, 6.45) is 7.41. The minimum atomic E-state index is -3.57. The lowest BCUT2D eigenvalue weighted by molar-refractivity contribution is 0.545. The van der Waals surface area contributed by atoms with Crippen LogP contribution >= 0.6 is 40.7 Å². The zero-order valence-electron chi connectivity index (χ0n) is 16.3. The Balaban J connectivity index is 0.00000225. The average Bonchev–Trinajstić information content (AvgIpc) is 2.68. The fraction of sp³-hybridized carbons (Fsp3) is 0.190. The molecule has 0 aliphatic carbocycles. The molecule has 0 radical (unpaired) electrons. The SMILES string of the molecule is C[C@H](CNCC=Cc1ccc(Br)cc1)NS(=O)(=O)c1ccc2cnccc2c1.Cl.Cl. The van der Waals surface area contributed by atoms with Gasteiger partial charge >= 0.3 is 0 Å². The van der Waals surface area contributed by atoms with Crippen LogP contribution in [0.3, 0.4) is 0 Å². The van der Waals surface area contributed by atoms with E-state index in [-0.39, 0.29) is 35.8 Å². The first-order chi connectivity index (χ1) is 13.4. The third-order valence-electron chi connectivity index (χ3n) is 4.17. The molecular weight excluding hydrogens is 509 g/mol. The first-order valence-electron chi connectivity index (χ1n) is 8.93. The Kier molecular flexibility index (Phi) is 11.0. The van der Waals surface area contributed by atoms with E-state index in [2.05, 4.69) is 31.0 Å². The van der Waals surface area contributed by atoms with Crippen LogP contribution in [0.4, 0.5) is 0 Å². The Labute approximate surface area is 198 Å². The number of benzene rings is 2. The van der Waals surface area contributed by atoms with E-state index in [9.17, 15) is 8.42 Å². The number of hydrogen-bond donors (Lipinski definition) is 2. The number of sulfonamides is 1. The lowest BCUT2D eigenvalue weighted by Gasteiger charge is -2.15. The summed E-state index contributed by atoms with van der Waals surface area (Å²) >= 11 is 3.41. The lowest BCUT2D eigenvalue weighted by Crippen LogP contribution is -2.39. The molecule has 3 aromatic rings. The molecule has 3 rings (SSSR count). The van der Waals surface area contributed by atoms with Crippen molar-refractivity contribution in [2.75, 3.05) is 13.1 Å². The van der Waals surface area contributed by atoms with Crippen LogP contribution in [0.5, 0.6) is 0 Å². The highest BCUT2D eigenvalue weighted by molar-refractivity contribution is 9.10. The predicted octanol–water partition coefficient (Wildman–Crippen LogP) is 4.81. The van der Waals surface area contributed by atoms with E-state index in [4.69, 9.17) is 0 Å². The molecule has 0 unspecified atom stereocenters. The summed E-state index contributed by atoms with van der Waals surface area (Å²) < 4.78 is 29.0. The van der Waals surface area contributed by atoms with Crippen molar-refractivity contribution >= 4 is 67.6 Å². The summed E-state index contributed by atoms with van der Waals surface area (Å²) in [5.41, 5.74) is 1.12. The van der Waals surface area contributed by atoms with Crippen LogP contribution in [-0.4, -0.2) is 32.5 Å². The Bertz CT molecular complexity index is 1080. The predicted molar refractivity (Wildman–Crippen MR) is 132 cm³/mol. The molecule has 0 saturated carbocycles. The van der Waals surface area contributed by atoms with Crippen LogP contribution in [0.15, 0.2) is 76.4 Å². The second kappa shape index (κ2) is 12.4. The normalized spacial score (nSPS) is 12.3. The van der Waals surface area contributed by atoms with E-state index in [1.54, 1.807) is 36.7 Å². The standard InChI is InChI=1S/C21H22BrN3O2S.2ClH/c1-16(14-23-11-2-3-17-4-7-20(22)8-5-17)25-28(26,27)21-9-6-19-15-24-12-10-18(19)13-21;;/h2-10,12-13,15-16,23,25H,11,14H2,1H3;2*1H/t16-;;/m1../s1.